The van der Waals surface area contributed by atoms with Gasteiger partial charge in [0.2, 0.25) is 0 Å². The van der Waals surface area contributed by atoms with Crippen LogP contribution in [0.25, 0.3) is 10.9 Å². The predicted octanol–water partition coefficient (Wildman–Crippen LogP) is 2.58. The summed E-state index contributed by atoms with van der Waals surface area (Å²) in [7, 11) is 2.18. The maximum atomic E-state index is 5.59. The summed E-state index contributed by atoms with van der Waals surface area (Å²) in [6.45, 7) is 5.12. The molecule has 1 atom stereocenters. The molecule has 0 fully saturated rings. The fourth-order valence-electron chi connectivity index (χ4n) is 2.53. The van der Waals surface area contributed by atoms with Gasteiger partial charge in [-0.2, -0.15) is 0 Å². The quantitative estimate of drug-likeness (QED) is 0.821. The molecule has 1 aromatic carbocycles. The number of hydrogen-bond donors (Lipinski definition) is 2. The number of fused-ring (bicyclic) bond motifs is 1. The topological polar surface area (TPSA) is 45.0 Å². The summed E-state index contributed by atoms with van der Waals surface area (Å²) < 4.78 is 0. The number of rotatable bonds is 6. The molecule has 3 N–H and O–H groups in total. The molecule has 3 heteroatoms. The molecule has 0 amide bonds. The van der Waals surface area contributed by atoms with E-state index in [2.05, 4.69) is 54.3 Å². The van der Waals surface area contributed by atoms with Crippen molar-refractivity contribution in [1.29, 1.82) is 0 Å². The SMILES string of the molecule is CC(CCN)CN(C)Cc1c[nH]c2ccccc12. The van der Waals surface area contributed by atoms with E-state index in [9.17, 15) is 0 Å². The predicted molar refractivity (Wildman–Crippen MR) is 77.5 cm³/mol. The molecule has 0 aliphatic heterocycles. The van der Waals surface area contributed by atoms with Crippen molar-refractivity contribution in [3.8, 4) is 0 Å². The standard InChI is InChI=1S/C15H23N3/c1-12(7-8-16)10-18(2)11-13-9-17-15-6-4-3-5-14(13)15/h3-6,9,12,17H,7-8,10-11,16H2,1-2H3. The highest BCUT2D eigenvalue weighted by atomic mass is 15.1. The van der Waals surface area contributed by atoms with Crippen LogP contribution in [0.2, 0.25) is 0 Å². The molecule has 1 heterocycles. The maximum Gasteiger partial charge on any atom is 0.0457 e. The second kappa shape index (κ2) is 6.03. The fraction of sp³-hybridized carbons (Fsp3) is 0.467. The van der Waals surface area contributed by atoms with Crippen LogP contribution in [0, 0.1) is 5.92 Å². The molecule has 0 aliphatic carbocycles. The highest BCUT2D eigenvalue weighted by molar-refractivity contribution is 5.82. The first-order valence-corrected chi connectivity index (χ1v) is 6.64. The minimum absolute atomic E-state index is 0.658. The van der Waals surface area contributed by atoms with E-state index in [1.807, 2.05) is 0 Å². The van der Waals surface area contributed by atoms with Crippen LogP contribution < -0.4 is 5.73 Å². The maximum absolute atomic E-state index is 5.59. The zero-order valence-electron chi connectivity index (χ0n) is 11.3. The average Bonchev–Trinajstić information content (AvgIpc) is 2.73. The van der Waals surface area contributed by atoms with Crippen LogP contribution in [0.15, 0.2) is 30.5 Å². The van der Waals surface area contributed by atoms with Crippen LogP contribution >= 0.6 is 0 Å². The van der Waals surface area contributed by atoms with Gasteiger partial charge in [0.25, 0.3) is 0 Å². The molecule has 3 nitrogen and oxygen atoms in total. The van der Waals surface area contributed by atoms with E-state index in [4.69, 9.17) is 5.73 Å². The van der Waals surface area contributed by atoms with Gasteiger partial charge < -0.3 is 15.6 Å². The summed E-state index contributed by atoms with van der Waals surface area (Å²) in [6.07, 6.45) is 3.22. The van der Waals surface area contributed by atoms with E-state index in [1.54, 1.807) is 0 Å². The number of hydrogen-bond acceptors (Lipinski definition) is 2. The highest BCUT2D eigenvalue weighted by Crippen LogP contribution is 2.19. The Kier molecular flexibility index (Phi) is 4.39. The van der Waals surface area contributed by atoms with Crippen molar-refractivity contribution in [2.45, 2.75) is 19.9 Å². The summed E-state index contributed by atoms with van der Waals surface area (Å²) in [6, 6.07) is 8.46. The van der Waals surface area contributed by atoms with Crippen molar-refractivity contribution in [2.24, 2.45) is 11.7 Å². The number of nitrogens with one attached hydrogen (secondary N) is 1. The first kappa shape index (κ1) is 13.1. The van der Waals surface area contributed by atoms with E-state index in [0.717, 1.165) is 26.1 Å². The molecule has 2 rings (SSSR count). The van der Waals surface area contributed by atoms with Crippen molar-refractivity contribution >= 4 is 10.9 Å². The summed E-state index contributed by atoms with van der Waals surface area (Å²) in [5.74, 6) is 0.658. The van der Waals surface area contributed by atoms with E-state index in [1.165, 1.54) is 16.5 Å². The highest BCUT2D eigenvalue weighted by Gasteiger charge is 2.09. The molecule has 18 heavy (non-hydrogen) atoms. The van der Waals surface area contributed by atoms with Crippen LogP contribution in [0.4, 0.5) is 0 Å². The van der Waals surface area contributed by atoms with Crippen molar-refractivity contribution in [1.82, 2.24) is 9.88 Å². The Morgan fingerprint density at radius 1 is 1.33 bits per heavy atom. The Hall–Kier alpha value is -1.32. The largest absolute Gasteiger partial charge is 0.361 e. The molecule has 2 aromatic rings. The molecule has 0 radical (unpaired) electrons. The molecule has 1 aromatic heterocycles. The third-order valence-electron chi connectivity index (χ3n) is 3.40. The van der Waals surface area contributed by atoms with Gasteiger partial charge in [-0.1, -0.05) is 25.1 Å². The van der Waals surface area contributed by atoms with Crippen molar-refractivity contribution < 1.29 is 0 Å². The lowest BCUT2D eigenvalue weighted by Crippen LogP contribution is -2.25. The number of H-pyrrole nitrogens is 1. The lowest BCUT2D eigenvalue weighted by molar-refractivity contribution is 0.274. The lowest BCUT2D eigenvalue weighted by atomic mass is 10.1. The zero-order valence-corrected chi connectivity index (χ0v) is 11.3. The average molecular weight is 245 g/mol. The van der Waals surface area contributed by atoms with Gasteiger partial charge in [-0.15, -0.1) is 0 Å². The van der Waals surface area contributed by atoms with Gasteiger partial charge in [-0.05, 0) is 37.6 Å². The summed E-state index contributed by atoms with van der Waals surface area (Å²) in [5.41, 5.74) is 8.18. The van der Waals surface area contributed by atoms with Gasteiger partial charge in [-0.25, -0.2) is 0 Å². The zero-order chi connectivity index (χ0) is 13.0. The summed E-state index contributed by atoms with van der Waals surface area (Å²) in [5, 5.41) is 1.33. The molecule has 0 aliphatic rings. The minimum Gasteiger partial charge on any atom is -0.361 e. The molecular weight excluding hydrogens is 222 g/mol. The van der Waals surface area contributed by atoms with E-state index in [0.29, 0.717) is 5.92 Å². The van der Waals surface area contributed by atoms with E-state index < -0.39 is 0 Å². The molecule has 0 spiro atoms. The van der Waals surface area contributed by atoms with Gasteiger partial charge in [0.05, 0.1) is 0 Å². The monoisotopic (exact) mass is 245 g/mol. The normalized spacial score (nSPS) is 13.3. The van der Waals surface area contributed by atoms with Crippen LogP contribution in [-0.4, -0.2) is 30.0 Å². The first-order chi connectivity index (χ1) is 8.70. The van der Waals surface area contributed by atoms with Gasteiger partial charge in [0, 0.05) is 30.2 Å². The number of nitrogens with two attached hydrogens (primary N) is 1. The van der Waals surface area contributed by atoms with E-state index in [-0.39, 0.29) is 0 Å². The molecule has 1 unspecified atom stereocenters. The number of para-hydroxylation sites is 1. The van der Waals surface area contributed by atoms with Crippen LogP contribution in [-0.2, 0) is 6.54 Å². The first-order valence-electron chi connectivity index (χ1n) is 6.64. The Morgan fingerprint density at radius 2 is 2.11 bits per heavy atom. The number of nitrogens with zero attached hydrogens (tertiary/aromatic N) is 1. The van der Waals surface area contributed by atoms with Gasteiger partial charge >= 0.3 is 0 Å². The van der Waals surface area contributed by atoms with Crippen LogP contribution in [0.5, 0.6) is 0 Å². The smallest absolute Gasteiger partial charge is 0.0457 e. The summed E-state index contributed by atoms with van der Waals surface area (Å²) in [4.78, 5) is 5.70. The minimum atomic E-state index is 0.658. The Balaban J connectivity index is 2.00. The molecule has 98 valence electrons. The van der Waals surface area contributed by atoms with E-state index >= 15 is 0 Å². The Morgan fingerprint density at radius 3 is 2.89 bits per heavy atom. The Bertz CT molecular complexity index is 489. The van der Waals surface area contributed by atoms with Crippen LogP contribution in [0.3, 0.4) is 0 Å². The fourth-order valence-corrected chi connectivity index (χ4v) is 2.53. The summed E-state index contributed by atoms with van der Waals surface area (Å²) >= 11 is 0. The third-order valence-corrected chi connectivity index (χ3v) is 3.40. The molecule has 0 saturated heterocycles. The van der Waals surface area contributed by atoms with Crippen molar-refractivity contribution in [2.75, 3.05) is 20.1 Å². The van der Waals surface area contributed by atoms with Gasteiger partial charge in [0.15, 0.2) is 0 Å². The van der Waals surface area contributed by atoms with Gasteiger partial charge in [0.1, 0.15) is 0 Å². The number of aromatic nitrogens is 1. The second-order valence-corrected chi connectivity index (χ2v) is 5.24. The molecule has 0 saturated carbocycles. The van der Waals surface area contributed by atoms with Crippen molar-refractivity contribution in [3.63, 3.8) is 0 Å². The molecular formula is C15H23N3. The molecule has 0 bridgehead atoms. The lowest BCUT2D eigenvalue weighted by Gasteiger charge is -2.20. The van der Waals surface area contributed by atoms with Crippen LogP contribution in [0.1, 0.15) is 18.9 Å². The number of benzene rings is 1. The van der Waals surface area contributed by atoms with Gasteiger partial charge in [-0.3, -0.25) is 0 Å². The third kappa shape index (κ3) is 3.12. The second-order valence-electron chi connectivity index (χ2n) is 5.24. The number of aromatic amines is 1. The Labute approximate surface area is 109 Å². The van der Waals surface area contributed by atoms with Crippen molar-refractivity contribution in [3.05, 3.63) is 36.0 Å².